The number of thioether (sulfide) groups is 1. The van der Waals surface area contributed by atoms with Crippen molar-refractivity contribution in [1.29, 1.82) is 0 Å². The zero-order valence-corrected chi connectivity index (χ0v) is 11.8. The number of rotatable bonds is 7. The SMILES string of the molecule is O=C(O)CCCCC(=O)Nc1ccc(SC(F)(F)F)cc1. The van der Waals surface area contributed by atoms with Gasteiger partial charge in [-0.15, -0.1) is 0 Å². The lowest BCUT2D eigenvalue weighted by atomic mass is 10.2. The summed E-state index contributed by atoms with van der Waals surface area (Å²) >= 11 is -0.220. The molecule has 0 spiro atoms. The zero-order chi connectivity index (χ0) is 15.9. The average Bonchev–Trinajstić information content (AvgIpc) is 2.35. The minimum absolute atomic E-state index is 0.0106. The molecule has 1 aromatic rings. The molecular weight excluding hydrogens is 307 g/mol. The number of alkyl halides is 3. The maximum Gasteiger partial charge on any atom is 0.446 e. The largest absolute Gasteiger partial charge is 0.481 e. The number of aliphatic carboxylic acids is 1. The summed E-state index contributed by atoms with van der Waals surface area (Å²) in [5.41, 5.74) is -3.93. The van der Waals surface area contributed by atoms with Crippen molar-refractivity contribution in [2.24, 2.45) is 0 Å². The van der Waals surface area contributed by atoms with Gasteiger partial charge in [-0.05, 0) is 48.9 Å². The number of carboxylic acids is 1. The highest BCUT2D eigenvalue weighted by molar-refractivity contribution is 8.00. The first kappa shape index (κ1) is 17.4. The number of carboxylic acid groups (broad SMARTS) is 1. The van der Waals surface area contributed by atoms with Crippen molar-refractivity contribution < 1.29 is 27.9 Å². The molecule has 0 aliphatic rings. The van der Waals surface area contributed by atoms with Crippen LogP contribution in [-0.2, 0) is 9.59 Å². The van der Waals surface area contributed by atoms with Gasteiger partial charge in [0.05, 0.1) is 0 Å². The van der Waals surface area contributed by atoms with Crippen molar-refractivity contribution in [2.45, 2.75) is 36.1 Å². The number of benzene rings is 1. The highest BCUT2D eigenvalue weighted by Crippen LogP contribution is 2.37. The topological polar surface area (TPSA) is 66.4 Å². The molecule has 116 valence electrons. The van der Waals surface area contributed by atoms with Crippen LogP contribution in [0.1, 0.15) is 25.7 Å². The van der Waals surface area contributed by atoms with Crippen LogP contribution in [0.3, 0.4) is 0 Å². The Kier molecular flexibility index (Phi) is 6.54. The molecule has 2 N–H and O–H groups in total. The molecule has 0 unspecified atom stereocenters. The number of nitrogens with one attached hydrogen (secondary N) is 1. The first-order valence-corrected chi connectivity index (χ1v) is 6.95. The van der Waals surface area contributed by atoms with Gasteiger partial charge in [-0.1, -0.05) is 0 Å². The van der Waals surface area contributed by atoms with E-state index < -0.39 is 11.5 Å². The average molecular weight is 321 g/mol. The number of halogens is 3. The second kappa shape index (κ2) is 7.92. The van der Waals surface area contributed by atoms with Crippen molar-refractivity contribution in [3.8, 4) is 0 Å². The summed E-state index contributed by atoms with van der Waals surface area (Å²) in [6.07, 6.45) is 1.03. The highest BCUT2D eigenvalue weighted by Gasteiger charge is 2.28. The number of anilines is 1. The maximum atomic E-state index is 12.1. The first-order chi connectivity index (χ1) is 9.76. The lowest BCUT2D eigenvalue weighted by molar-refractivity contribution is -0.137. The molecular formula is C13H14F3NO3S. The third-order valence-corrected chi connectivity index (χ3v) is 3.16. The van der Waals surface area contributed by atoms with E-state index in [1.165, 1.54) is 24.3 Å². The fourth-order valence-electron chi connectivity index (χ4n) is 1.53. The predicted molar refractivity (Wildman–Crippen MR) is 73.1 cm³/mol. The Hall–Kier alpha value is -1.70. The van der Waals surface area contributed by atoms with E-state index in [0.29, 0.717) is 18.5 Å². The van der Waals surface area contributed by atoms with Gasteiger partial charge in [-0.25, -0.2) is 0 Å². The summed E-state index contributed by atoms with van der Waals surface area (Å²) in [7, 11) is 0. The quantitative estimate of drug-likeness (QED) is 0.591. The Morgan fingerprint density at radius 3 is 2.19 bits per heavy atom. The van der Waals surface area contributed by atoms with Gasteiger partial charge < -0.3 is 10.4 Å². The van der Waals surface area contributed by atoms with Crippen LogP contribution in [0.2, 0.25) is 0 Å². The molecule has 0 saturated carbocycles. The normalized spacial score (nSPS) is 11.2. The number of carbonyl (C=O) groups excluding carboxylic acids is 1. The molecule has 0 aliphatic heterocycles. The molecule has 1 aromatic carbocycles. The molecule has 21 heavy (non-hydrogen) atoms. The fraction of sp³-hybridized carbons (Fsp3) is 0.385. The smallest absolute Gasteiger partial charge is 0.446 e. The summed E-state index contributed by atoms with van der Waals surface area (Å²) in [6, 6.07) is 5.34. The number of hydrogen-bond donors (Lipinski definition) is 2. The molecule has 0 bridgehead atoms. The molecule has 0 radical (unpaired) electrons. The van der Waals surface area contributed by atoms with E-state index in [-0.39, 0.29) is 35.4 Å². The van der Waals surface area contributed by atoms with Crippen LogP contribution < -0.4 is 5.32 Å². The molecule has 8 heteroatoms. The van der Waals surface area contributed by atoms with E-state index in [9.17, 15) is 22.8 Å². The van der Waals surface area contributed by atoms with Gasteiger partial charge in [0.25, 0.3) is 0 Å². The molecule has 0 atom stereocenters. The fourth-order valence-corrected chi connectivity index (χ4v) is 2.06. The molecule has 0 saturated heterocycles. The number of carbonyl (C=O) groups is 2. The van der Waals surface area contributed by atoms with Gasteiger partial charge in [0, 0.05) is 23.4 Å². The van der Waals surface area contributed by atoms with E-state index in [1.54, 1.807) is 0 Å². The summed E-state index contributed by atoms with van der Waals surface area (Å²) in [4.78, 5) is 21.9. The molecule has 4 nitrogen and oxygen atoms in total. The molecule has 0 aromatic heterocycles. The zero-order valence-electron chi connectivity index (χ0n) is 10.9. The molecule has 0 aliphatic carbocycles. The lowest BCUT2D eigenvalue weighted by Crippen LogP contribution is -2.11. The number of amides is 1. The van der Waals surface area contributed by atoms with Gasteiger partial charge in [0.2, 0.25) is 5.91 Å². The van der Waals surface area contributed by atoms with Gasteiger partial charge in [-0.3, -0.25) is 9.59 Å². The second-order valence-electron chi connectivity index (χ2n) is 4.22. The van der Waals surface area contributed by atoms with Crippen LogP contribution in [0.5, 0.6) is 0 Å². The summed E-state index contributed by atoms with van der Waals surface area (Å²) in [5.74, 6) is -1.20. The maximum absolute atomic E-state index is 12.1. The Bertz CT molecular complexity index is 488. The Morgan fingerprint density at radius 2 is 1.67 bits per heavy atom. The standard InChI is InChI=1S/C13H14F3NO3S/c14-13(15,16)21-10-7-5-9(6-8-10)17-11(18)3-1-2-4-12(19)20/h5-8H,1-4H2,(H,17,18)(H,19,20). The summed E-state index contributed by atoms with van der Waals surface area (Å²) in [6.45, 7) is 0. The van der Waals surface area contributed by atoms with Crippen LogP contribution in [0.15, 0.2) is 29.2 Å². The van der Waals surface area contributed by atoms with E-state index in [1.807, 2.05) is 0 Å². The second-order valence-corrected chi connectivity index (χ2v) is 5.36. The number of unbranched alkanes of at least 4 members (excludes halogenated alkanes) is 1. The van der Waals surface area contributed by atoms with Crippen molar-refractivity contribution in [3.63, 3.8) is 0 Å². The van der Waals surface area contributed by atoms with Crippen LogP contribution >= 0.6 is 11.8 Å². The molecule has 0 heterocycles. The molecule has 0 fully saturated rings. The van der Waals surface area contributed by atoms with Gasteiger partial charge >= 0.3 is 11.5 Å². The Labute approximate surface area is 123 Å². The van der Waals surface area contributed by atoms with Crippen molar-refractivity contribution in [3.05, 3.63) is 24.3 Å². The van der Waals surface area contributed by atoms with E-state index in [4.69, 9.17) is 5.11 Å². The van der Waals surface area contributed by atoms with E-state index in [2.05, 4.69) is 5.32 Å². The van der Waals surface area contributed by atoms with Crippen LogP contribution in [-0.4, -0.2) is 22.5 Å². The first-order valence-electron chi connectivity index (χ1n) is 6.14. The monoisotopic (exact) mass is 321 g/mol. The molecule has 1 rings (SSSR count). The van der Waals surface area contributed by atoms with Crippen LogP contribution in [0.25, 0.3) is 0 Å². The number of hydrogen-bond acceptors (Lipinski definition) is 3. The van der Waals surface area contributed by atoms with Crippen molar-refractivity contribution in [2.75, 3.05) is 5.32 Å². The summed E-state index contributed by atoms with van der Waals surface area (Å²) < 4.78 is 36.4. The lowest BCUT2D eigenvalue weighted by Gasteiger charge is -2.08. The van der Waals surface area contributed by atoms with Gasteiger partial charge in [0.15, 0.2) is 0 Å². The van der Waals surface area contributed by atoms with E-state index >= 15 is 0 Å². The van der Waals surface area contributed by atoms with Gasteiger partial charge in [0.1, 0.15) is 0 Å². The summed E-state index contributed by atoms with van der Waals surface area (Å²) in [5, 5.41) is 11.0. The minimum atomic E-state index is -4.34. The predicted octanol–water partition coefficient (Wildman–Crippen LogP) is 3.88. The Morgan fingerprint density at radius 1 is 1.10 bits per heavy atom. The third kappa shape index (κ3) is 8.23. The minimum Gasteiger partial charge on any atom is -0.481 e. The van der Waals surface area contributed by atoms with Crippen LogP contribution in [0, 0.1) is 0 Å². The van der Waals surface area contributed by atoms with Crippen LogP contribution in [0.4, 0.5) is 18.9 Å². The highest BCUT2D eigenvalue weighted by atomic mass is 32.2. The van der Waals surface area contributed by atoms with E-state index in [0.717, 1.165) is 0 Å². The third-order valence-electron chi connectivity index (χ3n) is 2.42. The molecule has 1 amide bonds. The van der Waals surface area contributed by atoms with Gasteiger partial charge in [-0.2, -0.15) is 13.2 Å². The van der Waals surface area contributed by atoms with Crippen molar-refractivity contribution in [1.82, 2.24) is 0 Å². The Balaban J connectivity index is 2.37. The van der Waals surface area contributed by atoms with Crippen molar-refractivity contribution >= 4 is 29.3 Å².